The van der Waals surface area contributed by atoms with Gasteiger partial charge in [0.2, 0.25) is 0 Å². The molecule has 94 valence electrons. The number of nitrogens with one attached hydrogen (secondary N) is 1. The van der Waals surface area contributed by atoms with Crippen molar-refractivity contribution < 1.29 is 0 Å². The Balaban J connectivity index is 1.94. The van der Waals surface area contributed by atoms with Gasteiger partial charge in [0.15, 0.2) is 0 Å². The number of aromatic nitrogens is 1. The SMILES string of the molecule is CCCNCC1(Cc2cncc(Br)c2)CCC1. The van der Waals surface area contributed by atoms with Crippen molar-refractivity contribution in [2.24, 2.45) is 5.41 Å². The van der Waals surface area contributed by atoms with Crippen LogP contribution in [-0.4, -0.2) is 18.1 Å². The van der Waals surface area contributed by atoms with Crippen LogP contribution in [-0.2, 0) is 6.42 Å². The monoisotopic (exact) mass is 296 g/mol. The molecule has 0 bridgehead atoms. The van der Waals surface area contributed by atoms with E-state index in [1.807, 2.05) is 12.4 Å². The van der Waals surface area contributed by atoms with Crippen LogP contribution in [0.2, 0.25) is 0 Å². The van der Waals surface area contributed by atoms with Crippen molar-refractivity contribution in [3.05, 3.63) is 28.5 Å². The molecule has 2 nitrogen and oxygen atoms in total. The minimum atomic E-state index is 0.498. The van der Waals surface area contributed by atoms with Crippen molar-refractivity contribution in [2.45, 2.75) is 39.0 Å². The van der Waals surface area contributed by atoms with E-state index >= 15 is 0 Å². The average Bonchev–Trinajstić information content (AvgIpc) is 2.26. The Morgan fingerprint density at radius 3 is 2.82 bits per heavy atom. The van der Waals surface area contributed by atoms with Crippen LogP contribution in [0.3, 0.4) is 0 Å². The zero-order chi connectivity index (χ0) is 12.1. The first kappa shape index (κ1) is 13.0. The van der Waals surface area contributed by atoms with E-state index in [9.17, 15) is 0 Å². The van der Waals surface area contributed by atoms with Gasteiger partial charge in [-0.1, -0.05) is 13.3 Å². The summed E-state index contributed by atoms with van der Waals surface area (Å²) in [6, 6.07) is 2.20. The van der Waals surface area contributed by atoms with Gasteiger partial charge in [0.05, 0.1) is 0 Å². The third kappa shape index (κ3) is 3.52. The number of halogens is 1. The summed E-state index contributed by atoms with van der Waals surface area (Å²) in [7, 11) is 0. The van der Waals surface area contributed by atoms with E-state index in [1.54, 1.807) is 0 Å². The lowest BCUT2D eigenvalue weighted by molar-refractivity contribution is 0.130. The van der Waals surface area contributed by atoms with Gasteiger partial charge in [-0.3, -0.25) is 4.98 Å². The van der Waals surface area contributed by atoms with Crippen LogP contribution in [0.15, 0.2) is 22.9 Å². The summed E-state index contributed by atoms with van der Waals surface area (Å²) in [5.41, 5.74) is 1.86. The molecule has 0 saturated heterocycles. The minimum Gasteiger partial charge on any atom is -0.316 e. The predicted octanol–water partition coefficient (Wildman–Crippen LogP) is 3.56. The Hall–Kier alpha value is -0.410. The van der Waals surface area contributed by atoms with Gasteiger partial charge in [0.25, 0.3) is 0 Å². The maximum atomic E-state index is 4.26. The van der Waals surface area contributed by atoms with E-state index < -0.39 is 0 Å². The van der Waals surface area contributed by atoms with Crippen LogP contribution in [0, 0.1) is 5.41 Å². The predicted molar refractivity (Wildman–Crippen MR) is 75.1 cm³/mol. The Morgan fingerprint density at radius 1 is 1.41 bits per heavy atom. The van der Waals surface area contributed by atoms with Gasteiger partial charge in [0.1, 0.15) is 0 Å². The largest absolute Gasteiger partial charge is 0.316 e. The molecule has 0 atom stereocenters. The van der Waals surface area contributed by atoms with Crippen LogP contribution in [0.25, 0.3) is 0 Å². The van der Waals surface area contributed by atoms with Gasteiger partial charge < -0.3 is 5.32 Å². The molecule has 0 spiro atoms. The molecule has 0 radical (unpaired) electrons. The lowest BCUT2D eigenvalue weighted by Crippen LogP contribution is -2.41. The van der Waals surface area contributed by atoms with Crippen LogP contribution in [0.1, 0.15) is 38.2 Å². The quantitative estimate of drug-likeness (QED) is 0.812. The molecule has 0 aromatic carbocycles. The van der Waals surface area contributed by atoms with E-state index in [2.05, 4.69) is 39.2 Å². The maximum absolute atomic E-state index is 4.26. The summed E-state index contributed by atoms with van der Waals surface area (Å²) in [5.74, 6) is 0. The summed E-state index contributed by atoms with van der Waals surface area (Å²) in [4.78, 5) is 4.26. The molecule has 0 aliphatic heterocycles. The van der Waals surface area contributed by atoms with E-state index in [-0.39, 0.29) is 0 Å². The van der Waals surface area contributed by atoms with E-state index in [0.717, 1.165) is 24.0 Å². The van der Waals surface area contributed by atoms with Crippen molar-refractivity contribution in [1.82, 2.24) is 10.3 Å². The molecule has 3 heteroatoms. The zero-order valence-corrected chi connectivity index (χ0v) is 12.1. The molecule has 1 heterocycles. The molecular formula is C14H21BrN2. The highest BCUT2D eigenvalue weighted by Crippen LogP contribution is 2.43. The van der Waals surface area contributed by atoms with Gasteiger partial charge in [-0.2, -0.15) is 0 Å². The first-order valence-corrected chi connectivity index (χ1v) is 7.34. The van der Waals surface area contributed by atoms with Crippen molar-refractivity contribution in [3.63, 3.8) is 0 Å². The fourth-order valence-corrected chi connectivity index (χ4v) is 3.02. The summed E-state index contributed by atoms with van der Waals surface area (Å²) in [5, 5.41) is 3.58. The first-order valence-electron chi connectivity index (χ1n) is 6.54. The first-order chi connectivity index (χ1) is 8.24. The van der Waals surface area contributed by atoms with Crippen LogP contribution < -0.4 is 5.32 Å². The van der Waals surface area contributed by atoms with Crippen LogP contribution >= 0.6 is 15.9 Å². The highest BCUT2D eigenvalue weighted by atomic mass is 79.9. The molecule has 1 aromatic rings. The molecule has 1 aromatic heterocycles. The van der Waals surface area contributed by atoms with Gasteiger partial charge in [-0.05, 0) is 65.2 Å². The second kappa shape index (κ2) is 5.96. The third-order valence-electron chi connectivity index (χ3n) is 3.68. The van der Waals surface area contributed by atoms with Gasteiger partial charge >= 0.3 is 0 Å². The van der Waals surface area contributed by atoms with E-state index in [4.69, 9.17) is 0 Å². The third-order valence-corrected chi connectivity index (χ3v) is 4.12. The molecule has 1 N–H and O–H groups in total. The summed E-state index contributed by atoms with van der Waals surface area (Å²) in [6.45, 7) is 4.52. The normalized spacial score (nSPS) is 17.8. The molecule has 0 unspecified atom stereocenters. The fraction of sp³-hybridized carbons (Fsp3) is 0.643. The van der Waals surface area contributed by atoms with E-state index in [1.165, 1.54) is 31.2 Å². The molecule has 17 heavy (non-hydrogen) atoms. The lowest BCUT2D eigenvalue weighted by Gasteiger charge is -2.42. The van der Waals surface area contributed by atoms with Crippen molar-refractivity contribution in [1.29, 1.82) is 0 Å². The smallest absolute Gasteiger partial charge is 0.0410 e. The molecule has 1 aliphatic carbocycles. The van der Waals surface area contributed by atoms with Crippen molar-refractivity contribution in [2.75, 3.05) is 13.1 Å². The topological polar surface area (TPSA) is 24.9 Å². The number of nitrogens with zero attached hydrogens (tertiary/aromatic N) is 1. The second-order valence-corrected chi connectivity index (χ2v) is 6.13. The van der Waals surface area contributed by atoms with Crippen LogP contribution in [0.5, 0.6) is 0 Å². The molecule has 1 saturated carbocycles. The summed E-state index contributed by atoms with van der Waals surface area (Å²) in [6.07, 6.45) is 10.3. The summed E-state index contributed by atoms with van der Waals surface area (Å²) >= 11 is 3.50. The zero-order valence-electron chi connectivity index (χ0n) is 10.5. The van der Waals surface area contributed by atoms with Crippen molar-refractivity contribution >= 4 is 15.9 Å². The lowest BCUT2D eigenvalue weighted by atomic mass is 9.65. The Morgan fingerprint density at radius 2 is 2.24 bits per heavy atom. The highest BCUT2D eigenvalue weighted by Gasteiger charge is 2.36. The number of pyridine rings is 1. The highest BCUT2D eigenvalue weighted by molar-refractivity contribution is 9.10. The molecule has 1 fully saturated rings. The van der Waals surface area contributed by atoms with E-state index in [0.29, 0.717) is 5.41 Å². The molecule has 1 aliphatic rings. The Kier molecular flexibility index (Phi) is 4.57. The van der Waals surface area contributed by atoms with Gasteiger partial charge in [0, 0.05) is 23.4 Å². The average molecular weight is 297 g/mol. The maximum Gasteiger partial charge on any atom is 0.0410 e. The summed E-state index contributed by atoms with van der Waals surface area (Å²) < 4.78 is 1.09. The standard InChI is InChI=1S/C14H21BrN2/c1-2-6-16-11-14(4-3-5-14)8-12-7-13(15)10-17-9-12/h7,9-10,16H,2-6,8,11H2,1H3. The van der Waals surface area contributed by atoms with Crippen molar-refractivity contribution in [3.8, 4) is 0 Å². The molecule has 2 rings (SSSR count). The molecule has 0 amide bonds. The van der Waals surface area contributed by atoms with Gasteiger partial charge in [-0.25, -0.2) is 0 Å². The molecular weight excluding hydrogens is 276 g/mol. The van der Waals surface area contributed by atoms with Gasteiger partial charge in [-0.15, -0.1) is 0 Å². The number of rotatable bonds is 6. The second-order valence-electron chi connectivity index (χ2n) is 5.22. The Bertz CT molecular complexity index is 361. The minimum absolute atomic E-state index is 0.498. The fourth-order valence-electron chi connectivity index (χ4n) is 2.61. The number of hydrogen-bond acceptors (Lipinski definition) is 2. The Labute approximate surface area is 112 Å². The van der Waals surface area contributed by atoms with Crippen LogP contribution in [0.4, 0.5) is 0 Å². The number of hydrogen-bond donors (Lipinski definition) is 1.